The summed E-state index contributed by atoms with van der Waals surface area (Å²) < 4.78 is 82.1. The fourth-order valence-electron chi connectivity index (χ4n) is 2.45. The molecule has 10 heteroatoms. The van der Waals surface area contributed by atoms with Gasteiger partial charge in [0.15, 0.2) is 0 Å². The lowest BCUT2D eigenvalue weighted by atomic mass is 9.98. The molecule has 0 aliphatic carbocycles. The molecule has 1 atom stereocenters. The van der Waals surface area contributed by atoms with E-state index in [-0.39, 0.29) is 25.7 Å². The summed E-state index contributed by atoms with van der Waals surface area (Å²) in [6.07, 6.45) is -8.44. The number of benzene rings is 1. The maximum absolute atomic E-state index is 12.8. The van der Waals surface area contributed by atoms with Crippen molar-refractivity contribution in [2.45, 2.75) is 44.1 Å². The predicted octanol–water partition coefficient (Wildman–Crippen LogP) is 5.25. The third kappa shape index (κ3) is 8.09. The van der Waals surface area contributed by atoms with E-state index in [1.807, 2.05) is 12.1 Å². The molecule has 1 aromatic heterocycles. The van der Waals surface area contributed by atoms with Crippen molar-refractivity contribution in [3.8, 4) is 17.6 Å². The van der Waals surface area contributed by atoms with Crippen LogP contribution in [0.3, 0.4) is 0 Å². The molecule has 0 aliphatic heterocycles. The lowest BCUT2D eigenvalue weighted by Crippen LogP contribution is -2.40. The van der Waals surface area contributed by atoms with Crippen LogP contribution in [0.15, 0.2) is 30.3 Å². The van der Waals surface area contributed by atoms with Gasteiger partial charge in [-0.05, 0) is 50.1 Å². The molecule has 170 valence electrons. The number of alkyl halides is 6. The third-order valence-electron chi connectivity index (χ3n) is 4.23. The summed E-state index contributed by atoms with van der Waals surface area (Å²) in [5.41, 5.74) is 2.37. The van der Waals surface area contributed by atoms with Gasteiger partial charge >= 0.3 is 12.4 Å². The molecular formula is C21H21F6NO2S. The van der Waals surface area contributed by atoms with Gasteiger partial charge in [0.05, 0.1) is 29.2 Å². The number of hydrogen-bond acceptors (Lipinski definition) is 4. The molecule has 0 saturated carbocycles. The number of nitrogens with two attached hydrogens (primary N) is 1. The van der Waals surface area contributed by atoms with Gasteiger partial charge in [-0.1, -0.05) is 11.8 Å². The summed E-state index contributed by atoms with van der Waals surface area (Å²) in [7, 11) is 0. The smallest absolute Gasteiger partial charge is 0.416 e. The Kier molecular flexibility index (Phi) is 8.03. The van der Waals surface area contributed by atoms with Crippen molar-refractivity contribution >= 4 is 11.3 Å². The van der Waals surface area contributed by atoms with Gasteiger partial charge in [-0.25, -0.2) is 0 Å². The van der Waals surface area contributed by atoms with Crippen molar-refractivity contribution in [1.82, 2.24) is 0 Å². The molecule has 1 aromatic carbocycles. The van der Waals surface area contributed by atoms with Crippen molar-refractivity contribution in [3.63, 3.8) is 0 Å². The van der Waals surface area contributed by atoms with Gasteiger partial charge in [0, 0.05) is 16.8 Å². The third-order valence-corrected chi connectivity index (χ3v) is 5.29. The number of aryl methyl sites for hydroxylation is 1. The summed E-state index contributed by atoms with van der Waals surface area (Å²) in [4.78, 5) is 1.80. The summed E-state index contributed by atoms with van der Waals surface area (Å²) in [5, 5.41) is 9.17. The zero-order valence-electron chi connectivity index (χ0n) is 16.5. The van der Waals surface area contributed by atoms with Crippen molar-refractivity contribution < 1.29 is 36.2 Å². The van der Waals surface area contributed by atoms with E-state index in [2.05, 4.69) is 11.8 Å². The second-order valence-corrected chi connectivity index (χ2v) is 8.39. The van der Waals surface area contributed by atoms with E-state index in [9.17, 15) is 26.3 Å². The Balaban J connectivity index is 1.95. The van der Waals surface area contributed by atoms with Crippen LogP contribution in [-0.4, -0.2) is 23.9 Å². The highest BCUT2D eigenvalue weighted by atomic mass is 32.1. The minimum Gasteiger partial charge on any atom is -0.493 e. The van der Waals surface area contributed by atoms with E-state index in [0.29, 0.717) is 25.0 Å². The van der Waals surface area contributed by atoms with Crippen LogP contribution in [0.4, 0.5) is 26.3 Å². The second-order valence-electron chi connectivity index (χ2n) is 7.22. The molecule has 2 rings (SSSR count). The number of aliphatic hydroxyl groups excluding tert-OH is 1. The average molecular weight is 465 g/mol. The van der Waals surface area contributed by atoms with Crippen LogP contribution in [0.2, 0.25) is 0 Å². The Morgan fingerprint density at radius 1 is 1.03 bits per heavy atom. The van der Waals surface area contributed by atoms with Crippen LogP contribution < -0.4 is 10.5 Å². The Bertz CT molecular complexity index is 906. The number of rotatable bonds is 7. The maximum atomic E-state index is 12.8. The number of halogens is 6. The first kappa shape index (κ1) is 25.0. The fourth-order valence-corrected chi connectivity index (χ4v) is 3.33. The van der Waals surface area contributed by atoms with Crippen molar-refractivity contribution in [1.29, 1.82) is 0 Å². The molecule has 0 aliphatic rings. The van der Waals surface area contributed by atoms with E-state index >= 15 is 0 Å². The largest absolute Gasteiger partial charge is 0.493 e. The van der Waals surface area contributed by atoms with E-state index < -0.39 is 34.8 Å². The number of thiophene rings is 1. The lowest BCUT2D eigenvalue weighted by Gasteiger charge is -2.20. The minimum atomic E-state index is -4.92. The van der Waals surface area contributed by atoms with Crippen LogP contribution in [0.1, 0.15) is 40.6 Å². The number of hydrogen-bond donors (Lipinski definition) is 2. The Morgan fingerprint density at radius 3 is 2.19 bits per heavy atom. The minimum absolute atomic E-state index is 0.0504. The molecule has 1 unspecified atom stereocenters. The topological polar surface area (TPSA) is 55.5 Å². The van der Waals surface area contributed by atoms with Crippen LogP contribution in [0.25, 0.3) is 0 Å². The molecule has 0 saturated heterocycles. The maximum Gasteiger partial charge on any atom is 0.416 e. The Morgan fingerprint density at radius 2 is 1.65 bits per heavy atom. The van der Waals surface area contributed by atoms with E-state index in [1.165, 1.54) is 11.3 Å². The molecule has 0 bridgehead atoms. The molecule has 0 amide bonds. The van der Waals surface area contributed by atoms with Gasteiger partial charge in [0.1, 0.15) is 5.75 Å². The van der Waals surface area contributed by atoms with Crippen LogP contribution in [-0.2, 0) is 18.8 Å². The van der Waals surface area contributed by atoms with Crippen molar-refractivity contribution in [2.75, 3.05) is 13.2 Å². The molecule has 0 fully saturated rings. The molecule has 0 spiro atoms. The molecule has 2 aromatic rings. The normalized spacial score (nSPS) is 14.0. The second kappa shape index (κ2) is 9.94. The Labute approximate surface area is 179 Å². The first-order valence-electron chi connectivity index (χ1n) is 9.20. The first-order chi connectivity index (χ1) is 14.3. The summed E-state index contributed by atoms with van der Waals surface area (Å²) in [6.45, 7) is 1.47. The quantitative estimate of drug-likeness (QED) is 0.334. The van der Waals surface area contributed by atoms with E-state index in [1.54, 1.807) is 6.92 Å². The molecule has 1 heterocycles. The zero-order chi connectivity index (χ0) is 23.3. The van der Waals surface area contributed by atoms with Crippen LogP contribution >= 0.6 is 11.3 Å². The highest BCUT2D eigenvalue weighted by Crippen LogP contribution is 2.38. The van der Waals surface area contributed by atoms with Crippen molar-refractivity contribution in [2.24, 2.45) is 5.73 Å². The first-order valence-corrected chi connectivity index (χ1v) is 10.0. The zero-order valence-corrected chi connectivity index (χ0v) is 17.3. The highest BCUT2D eigenvalue weighted by Gasteiger charge is 2.37. The molecule has 3 N–H and O–H groups in total. The van der Waals surface area contributed by atoms with Crippen LogP contribution in [0, 0.1) is 11.8 Å². The van der Waals surface area contributed by atoms with E-state index in [0.717, 1.165) is 9.75 Å². The van der Waals surface area contributed by atoms with E-state index in [4.69, 9.17) is 15.6 Å². The molecule has 3 nitrogen and oxygen atoms in total. The number of ether oxygens (including phenoxy) is 1. The van der Waals surface area contributed by atoms with Gasteiger partial charge in [-0.15, -0.1) is 11.3 Å². The summed E-state index contributed by atoms with van der Waals surface area (Å²) in [6, 6.07) is 4.81. The number of aliphatic hydroxyl groups is 1. The van der Waals surface area contributed by atoms with Gasteiger partial charge in [-0.3, -0.25) is 0 Å². The monoisotopic (exact) mass is 465 g/mol. The molecule has 31 heavy (non-hydrogen) atoms. The van der Waals surface area contributed by atoms with Crippen molar-refractivity contribution in [3.05, 3.63) is 51.2 Å². The molecular weight excluding hydrogens is 444 g/mol. The van der Waals surface area contributed by atoms with Gasteiger partial charge in [0.25, 0.3) is 0 Å². The van der Waals surface area contributed by atoms with Gasteiger partial charge in [-0.2, -0.15) is 26.3 Å². The summed E-state index contributed by atoms with van der Waals surface area (Å²) >= 11 is 1.45. The summed E-state index contributed by atoms with van der Waals surface area (Å²) in [5.74, 6) is 5.15. The fraction of sp³-hybridized carbons (Fsp3) is 0.429. The molecule has 0 radical (unpaired) electrons. The highest BCUT2D eigenvalue weighted by molar-refractivity contribution is 7.12. The van der Waals surface area contributed by atoms with Gasteiger partial charge < -0.3 is 15.6 Å². The average Bonchev–Trinajstić information content (AvgIpc) is 3.12. The van der Waals surface area contributed by atoms with Crippen LogP contribution in [0.5, 0.6) is 5.75 Å². The standard InChI is InChI=1S/C21H21F6NO2S/c1-19(28,13-29)8-7-18-6-5-17(31-18)4-2-3-9-30-16-11-14(20(22,23)24)10-15(12-16)21(25,26)27/h5-6,10-12,29H,3,7-9,13,28H2,1H3. The SMILES string of the molecule is CC(N)(CO)CCc1ccc(C#CCCOc2cc(C(F)(F)F)cc(C(F)(F)F)c2)s1. The van der Waals surface area contributed by atoms with Gasteiger partial charge in [0.2, 0.25) is 0 Å². The predicted molar refractivity (Wildman–Crippen MR) is 106 cm³/mol. The lowest BCUT2D eigenvalue weighted by molar-refractivity contribution is -0.143. The Hall–Kier alpha value is -2.22.